The summed E-state index contributed by atoms with van der Waals surface area (Å²) in [7, 11) is 1.96. The van der Waals surface area contributed by atoms with Gasteiger partial charge in [0.25, 0.3) is 0 Å². The number of aryl methyl sites for hydroxylation is 2. The molecule has 2 rings (SSSR count). The molecule has 1 aliphatic rings. The van der Waals surface area contributed by atoms with E-state index in [1.165, 1.54) is 5.56 Å². The van der Waals surface area contributed by atoms with Crippen LogP contribution in [-0.2, 0) is 7.05 Å². The molecular weight excluding hydrogens is 162 g/mol. The third kappa shape index (κ3) is 1.10. The molecule has 0 saturated heterocycles. The molecule has 2 N–H and O–H groups in total. The van der Waals surface area contributed by atoms with Gasteiger partial charge < -0.3 is 5.73 Å². The molecule has 0 aliphatic heterocycles. The Bertz CT molecular complexity index is 338. The van der Waals surface area contributed by atoms with Gasteiger partial charge in [0, 0.05) is 25.2 Å². The monoisotopic (exact) mass is 179 g/mol. The fourth-order valence-corrected chi connectivity index (χ4v) is 2.20. The highest BCUT2D eigenvalue weighted by Crippen LogP contribution is 2.57. The Balaban J connectivity index is 2.34. The topological polar surface area (TPSA) is 43.8 Å². The number of aromatic nitrogens is 2. The summed E-state index contributed by atoms with van der Waals surface area (Å²) in [6.45, 7) is 6.49. The minimum atomic E-state index is 0.258. The van der Waals surface area contributed by atoms with Crippen LogP contribution in [0.25, 0.3) is 0 Å². The maximum Gasteiger partial charge on any atom is 0.0629 e. The molecule has 2 atom stereocenters. The van der Waals surface area contributed by atoms with Crippen molar-refractivity contribution < 1.29 is 0 Å². The summed E-state index contributed by atoms with van der Waals surface area (Å²) >= 11 is 0. The van der Waals surface area contributed by atoms with Crippen molar-refractivity contribution in [1.29, 1.82) is 0 Å². The fraction of sp³-hybridized carbons (Fsp3) is 0.700. The summed E-state index contributed by atoms with van der Waals surface area (Å²) in [6, 6.07) is 0.301. The van der Waals surface area contributed by atoms with Crippen molar-refractivity contribution in [2.24, 2.45) is 18.2 Å². The molecule has 3 nitrogen and oxygen atoms in total. The zero-order valence-corrected chi connectivity index (χ0v) is 8.70. The average Bonchev–Trinajstić information content (AvgIpc) is 2.36. The summed E-state index contributed by atoms with van der Waals surface area (Å²) in [6.07, 6.45) is 2.09. The molecule has 0 aromatic carbocycles. The lowest BCUT2D eigenvalue weighted by Gasteiger charge is -1.99. The lowest BCUT2D eigenvalue weighted by molar-refractivity contribution is 0.598. The highest BCUT2D eigenvalue weighted by atomic mass is 15.3. The maximum atomic E-state index is 6.02. The van der Waals surface area contributed by atoms with E-state index in [0.717, 1.165) is 5.69 Å². The lowest BCUT2D eigenvalue weighted by Crippen LogP contribution is -2.06. The standard InChI is InChI=1S/C10H17N3/c1-6-7(5-13(4)12-6)8-9(11)10(8,2)3/h5,8-9H,11H2,1-4H3/t8-,9-/m0/s1. The zero-order valence-electron chi connectivity index (χ0n) is 8.70. The molecular formula is C10H17N3. The summed E-state index contributed by atoms with van der Waals surface area (Å²) in [5.41, 5.74) is 8.71. The Labute approximate surface area is 78.9 Å². The molecule has 0 unspecified atom stereocenters. The van der Waals surface area contributed by atoms with Crippen LogP contribution < -0.4 is 5.73 Å². The molecule has 0 bridgehead atoms. The van der Waals surface area contributed by atoms with Crippen LogP contribution >= 0.6 is 0 Å². The Morgan fingerprint density at radius 1 is 1.54 bits per heavy atom. The quantitative estimate of drug-likeness (QED) is 0.703. The number of nitrogens with zero attached hydrogens (tertiary/aromatic N) is 2. The van der Waals surface area contributed by atoms with E-state index in [1.54, 1.807) is 0 Å². The van der Waals surface area contributed by atoms with Crippen molar-refractivity contribution in [2.45, 2.75) is 32.7 Å². The molecule has 0 radical (unpaired) electrons. The van der Waals surface area contributed by atoms with Gasteiger partial charge in [-0.05, 0) is 17.9 Å². The van der Waals surface area contributed by atoms with Gasteiger partial charge in [0.15, 0.2) is 0 Å². The van der Waals surface area contributed by atoms with E-state index in [4.69, 9.17) is 5.73 Å². The minimum Gasteiger partial charge on any atom is -0.327 e. The molecule has 3 heteroatoms. The highest BCUT2D eigenvalue weighted by molar-refractivity contribution is 5.35. The molecule has 0 spiro atoms. The average molecular weight is 179 g/mol. The van der Waals surface area contributed by atoms with Gasteiger partial charge in [-0.25, -0.2) is 0 Å². The van der Waals surface area contributed by atoms with E-state index in [2.05, 4.69) is 32.1 Å². The van der Waals surface area contributed by atoms with E-state index < -0.39 is 0 Å². The second-order valence-electron chi connectivity index (χ2n) is 4.67. The number of hydrogen-bond acceptors (Lipinski definition) is 2. The Morgan fingerprint density at radius 3 is 2.38 bits per heavy atom. The molecule has 1 aliphatic carbocycles. The third-order valence-corrected chi connectivity index (χ3v) is 3.30. The number of nitrogens with two attached hydrogens (primary N) is 1. The zero-order chi connectivity index (χ0) is 9.80. The molecule has 72 valence electrons. The van der Waals surface area contributed by atoms with Crippen LogP contribution in [0.3, 0.4) is 0 Å². The van der Waals surface area contributed by atoms with Crippen LogP contribution in [0.1, 0.15) is 31.0 Å². The maximum absolute atomic E-state index is 6.02. The van der Waals surface area contributed by atoms with Crippen molar-refractivity contribution in [3.63, 3.8) is 0 Å². The normalized spacial score (nSPS) is 30.5. The van der Waals surface area contributed by atoms with Gasteiger partial charge in [0.1, 0.15) is 0 Å². The fourth-order valence-electron chi connectivity index (χ4n) is 2.20. The van der Waals surface area contributed by atoms with Gasteiger partial charge >= 0.3 is 0 Å². The van der Waals surface area contributed by atoms with Crippen molar-refractivity contribution >= 4 is 0 Å². The van der Waals surface area contributed by atoms with Gasteiger partial charge in [-0.3, -0.25) is 4.68 Å². The van der Waals surface area contributed by atoms with E-state index in [1.807, 2.05) is 11.7 Å². The molecule has 1 aromatic rings. The third-order valence-electron chi connectivity index (χ3n) is 3.30. The largest absolute Gasteiger partial charge is 0.327 e. The van der Waals surface area contributed by atoms with Crippen molar-refractivity contribution in [1.82, 2.24) is 9.78 Å². The van der Waals surface area contributed by atoms with Crippen LogP contribution in [0.15, 0.2) is 6.20 Å². The second kappa shape index (κ2) is 2.35. The van der Waals surface area contributed by atoms with Gasteiger partial charge in [0.05, 0.1) is 5.69 Å². The molecule has 1 heterocycles. The first-order chi connectivity index (χ1) is 5.94. The van der Waals surface area contributed by atoms with Gasteiger partial charge in [-0.2, -0.15) is 5.10 Å². The second-order valence-corrected chi connectivity index (χ2v) is 4.67. The first-order valence-electron chi connectivity index (χ1n) is 4.70. The summed E-state index contributed by atoms with van der Waals surface area (Å²) in [5, 5.41) is 4.33. The van der Waals surface area contributed by atoms with Crippen molar-refractivity contribution in [3.05, 3.63) is 17.5 Å². The van der Waals surface area contributed by atoms with Crippen molar-refractivity contribution in [2.75, 3.05) is 0 Å². The predicted octanol–water partition coefficient (Wildman–Crippen LogP) is 1.18. The predicted molar refractivity (Wildman–Crippen MR) is 52.4 cm³/mol. The van der Waals surface area contributed by atoms with E-state index >= 15 is 0 Å². The van der Waals surface area contributed by atoms with E-state index in [-0.39, 0.29) is 5.41 Å². The first-order valence-corrected chi connectivity index (χ1v) is 4.70. The lowest BCUT2D eigenvalue weighted by atomic mass is 10.0. The van der Waals surface area contributed by atoms with Gasteiger partial charge in [-0.1, -0.05) is 13.8 Å². The summed E-state index contributed by atoms with van der Waals surface area (Å²) in [5.74, 6) is 0.501. The van der Waals surface area contributed by atoms with Crippen LogP contribution in [0.4, 0.5) is 0 Å². The van der Waals surface area contributed by atoms with Crippen molar-refractivity contribution in [3.8, 4) is 0 Å². The first kappa shape index (κ1) is 8.75. The van der Waals surface area contributed by atoms with Gasteiger partial charge in [-0.15, -0.1) is 0 Å². The van der Waals surface area contributed by atoms with E-state index in [0.29, 0.717) is 12.0 Å². The SMILES string of the molecule is Cc1nn(C)cc1[C@H]1[C@H](N)C1(C)C. The Hall–Kier alpha value is -0.830. The Morgan fingerprint density at radius 2 is 2.08 bits per heavy atom. The molecule has 0 amide bonds. The molecule has 1 fully saturated rings. The minimum absolute atomic E-state index is 0.258. The van der Waals surface area contributed by atoms with Gasteiger partial charge in [0.2, 0.25) is 0 Å². The highest BCUT2D eigenvalue weighted by Gasteiger charge is 2.57. The summed E-state index contributed by atoms with van der Waals surface area (Å²) < 4.78 is 1.87. The van der Waals surface area contributed by atoms with Crippen LogP contribution in [-0.4, -0.2) is 15.8 Å². The molecule has 1 saturated carbocycles. The smallest absolute Gasteiger partial charge is 0.0629 e. The Kier molecular flexibility index (Phi) is 1.58. The van der Waals surface area contributed by atoms with Crippen LogP contribution in [0.5, 0.6) is 0 Å². The number of hydrogen-bond donors (Lipinski definition) is 1. The van der Waals surface area contributed by atoms with E-state index in [9.17, 15) is 0 Å². The van der Waals surface area contributed by atoms with Crippen LogP contribution in [0, 0.1) is 12.3 Å². The molecule has 13 heavy (non-hydrogen) atoms. The molecule has 1 aromatic heterocycles. The van der Waals surface area contributed by atoms with Crippen LogP contribution in [0.2, 0.25) is 0 Å². The summed E-state index contributed by atoms with van der Waals surface area (Å²) in [4.78, 5) is 0. The number of rotatable bonds is 1.